The molecule has 0 saturated carbocycles. The molecule has 0 aliphatic heterocycles. The van der Waals surface area contributed by atoms with Crippen molar-refractivity contribution in [1.82, 2.24) is 4.57 Å². The van der Waals surface area contributed by atoms with Gasteiger partial charge in [-0.05, 0) is 36.8 Å². The lowest BCUT2D eigenvalue weighted by Crippen LogP contribution is -2.16. The second kappa shape index (κ2) is 6.84. The van der Waals surface area contributed by atoms with E-state index in [1.165, 1.54) is 16.9 Å². The average Bonchev–Trinajstić information content (AvgIpc) is 2.91. The van der Waals surface area contributed by atoms with Gasteiger partial charge in [0, 0.05) is 6.54 Å². The fraction of sp³-hybridized carbons (Fsp3) is 0.158. The van der Waals surface area contributed by atoms with Crippen LogP contribution in [-0.2, 0) is 6.54 Å². The largest absolute Gasteiger partial charge is 0.496 e. The highest BCUT2D eigenvalue weighted by molar-refractivity contribution is 7.16. The number of hydrogen-bond donors (Lipinski definition) is 0. The van der Waals surface area contributed by atoms with E-state index in [2.05, 4.69) is 29.8 Å². The van der Waals surface area contributed by atoms with Gasteiger partial charge >= 0.3 is 0 Å². The van der Waals surface area contributed by atoms with Gasteiger partial charge in [-0.25, -0.2) is 0 Å². The van der Waals surface area contributed by atoms with E-state index in [1.807, 2.05) is 17.6 Å². The van der Waals surface area contributed by atoms with Crippen LogP contribution in [0, 0.1) is 6.92 Å². The molecule has 0 radical (unpaired) electrons. The van der Waals surface area contributed by atoms with E-state index in [-0.39, 0.29) is 5.91 Å². The summed E-state index contributed by atoms with van der Waals surface area (Å²) in [6.45, 7) is 6.45. The maximum atomic E-state index is 12.6. The summed E-state index contributed by atoms with van der Waals surface area (Å²) in [5.41, 5.74) is 2.69. The maximum Gasteiger partial charge on any atom is 0.283 e. The lowest BCUT2D eigenvalue weighted by Gasteiger charge is -2.04. The van der Waals surface area contributed by atoms with Gasteiger partial charge in [-0.2, -0.15) is 4.99 Å². The normalized spacial score (nSPS) is 11.7. The predicted molar refractivity (Wildman–Crippen MR) is 97.6 cm³/mol. The lowest BCUT2D eigenvalue weighted by atomic mass is 10.2. The molecule has 4 nitrogen and oxygen atoms in total. The molecule has 0 fully saturated rings. The van der Waals surface area contributed by atoms with Crippen molar-refractivity contribution >= 4 is 27.5 Å². The minimum atomic E-state index is -0.312. The molecule has 1 heterocycles. The first kappa shape index (κ1) is 16.2. The van der Waals surface area contributed by atoms with Crippen molar-refractivity contribution in [1.29, 1.82) is 0 Å². The number of aromatic nitrogens is 1. The van der Waals surface area contributed by atoms with Crippen LogP contribution in [0.15, 0.2) is 60.1 Å². The summed E-state index contributed by atoms with van der Waals surface area (Å²) in [7, 11) is 1.55. The Morgan fingerprint density at radius 2 is 2.12 bits per heavy atom. The van der Waals surface area contributed by atoms with Gasteiger partial charge in [0.2, 0.25) is 0 Å². The van der Waals surface area contributed by atoms with Crippen molar-refractivity contribution in [2.45, 2.75) is 13.5 Å². The Hall–Kier alpha value is -2.66. The number of thiazole rings is 1. The van der Waals surface area contributed by atoms with Gasteiger partial charge in [0.15, 0.2) is 4.80 Å². The van der Waals surface area contributed by atoms with Gasteiger partial charge < -0.3 is 9.30 Å². The molecular formula is C19H18N2O2S. The van der Waals surface area contributed by atoms with Crippen LogP contribution in [0.3, 0.4) is 0 Å². The third-order valence-corrected chi connectivity index (χ3v) is 4.73. The molecule has 1 amide bonds. The number of aryl methyl sites for hydroxylation is 1. The fourth-order valence-electron chi connectivity index (χ4n) is 2.54. The Bertz CT molecular complexity index is 982. The molecule has 3 aromatic rings. The van der Waals surface area contributed by atoms with Crippen molar-refractivity contribution in [3.8, 4) is 5.75 Å². The van der Waals surface area contributed by atoms with Gasteiger partial charge in [-0.15, -0.1) is 6.58 Å². The molecule has 0 aliphatic rings. The Morgan fingerprint density at radius 1 is 1.33 bits per heavy atom. The molecule has 24 heavy (non-hydrogen) atoms. The smallest absolute Gasteiger partial charge is 0.283 e. The van der Waals surface area contributed by atoms with Gasteiger partial charge in [-0.3, -0.25) is 4.79 Å². The molecule has 0 N–H and O–H groups in total. The summed E-state index contributed by atoms with van der Waals surface area (Å²) >= 11 is 1.50. The molecule has 122 valence electrons. The van der Waals surface area contributed by atoms with Gasteiger partial charge in [0.25, 0.3) is 5.91 Å². The Morgan fingerprint density at radius 3 is 2.88 bits per heavy atom. The fourth-order valence-corrected chi connectivity index (χ4v) is 3.68. The van der Waals surface area contributed by atoms with Crippen molar-refractivity contribution in [3.63, 3.8) is 0 Å². The van der Waals surface area contributed by atoms with E-state index < -0.39 is 0 Å². The number of rotatable bonds is 4. The number of nitrogens with zero attached hydrogens (tertiary/aromatic N) is 2. The number of carbonyl (C=O) groups excluding carboxylic acids is 1. The van der Waals surface area contributed by atoms with E-state index in [9.17, 15) is 4.79 Å². The molecule has 0 bridgehead atoms. The van der Waals surface area contributed by atoms with Crippen molar-refractivity contribution in [3.05, 3.63) is 71.0 Å². The van der Waals surface area contributed by atoms with E-state index >= 15 is 0 Å². The van der Waals surface area contributed by atoms with Gasteiger partial charge in [0.05, 0.1) is 22.9 Å². The Kier molecular flexibility index (Phi) is 4.62. The second-order valence-electron chi connectivity index (χ2n) is 5.37. The van der Waals surface area contributed by atoms with Gasteiger partial charge in [-0.1, -0.05) is 35.6 Å². The van der Waals surface area contributed by atoms with E-state index in [1.54, 1.807) is 31.4 Å². The van der Waals surface area contributed by atoms with Crippen molar-refractivity contribution < 1.29 is 9.53 Å². The molecule has 0 spiro atoms. The number of allylic oxidation sites excluding steroid dienone is 1. The number of carbonyl (C=O) groups is 1. The Balaban J connectivity index is 2.17. The number of benzene rings is 2. The van der Waals surface area contributed by atoms with Crippen LogP contribution >= 0.6 is 11.3 Å². The summed E-state index contributed by atoms with van der Waals surface area (Å²) in [6.07, 6.45) is 1.80. The topological polar surface area (TPSA) is 43.6 Å². The SMILES string of the molecule is C=CCn1c(=NC(=O)c2ccccc2OC)sc2cc(C)ccc21. The number of hydrogen-bond acceptors (Lipinski definition) is 3. The number of para-hydroxylation sites is 1. The number of ether oxygens (including phenoxy) is 1. The summed E-state index contributed by atoms with van der Waals surface area (Å²) < 4.78 is 8.36. The first-order valence-electron chi connectivity index (χ1n) is 7.57. The zero-order valence-electron chi connectivity index (χ0n) is 13.7. The zero-order valence-corrected chi connectivity index (χ0v) is 14.5. The van der Waals surface area contributed by atoms with E-state index in [0.717, 1.165) is 10.2 Å². The van der Waals surface area contributed by atoms with Crippen LogP contribution in [0.25, 0.3) is 10.2 Å². The minimum absolute atomic E-state index is 0.312. The molecule has 0 unspecified atom stereocenters. The first-order valence-corrected chi connectivity index (χ1v) is 8.38. The maximum absolute atomic E-state index is 12.6. The quantitative estimate of drug-likeness (QED) is 0.676. The van der Waals surface area contributed by atoms with Crippen LogP contribution in [0.1, 0.15) is 15.9 Å². The first-order chi connectivity index (χ1) is 11.6. The van der Waals surface area contributed by atoms with Crippen LogP contribution in [0.4, 0.5) is 0 Å². The van der Waals surface area contributed by atoms with Crippen molar-refractivity contribution in [2.75, 3.05) is 7.11 Å². The number of methoxy groups -OCH3 is 1. The van der Waals surface area contributed by atoms with Crippen LogP contribution in [-0.4, -0.2) is 17.6 Å². The molecule has 2 aromatic carbocycles. The molecule has 3 rings (SSSR count). The Labute approximate surface area is 144 Å². The monoisotopic (exact) mass is 338 g/mol. The predicted octanol–water partition coefficient (Wildman–Crippen LogP) is 3.95. The van der Waals surface area contributed by atoms with Crippen LogP contribution in [0.2, 0.25) is 0 Å². The highest BCUT2D eigenvalue weighted by Crippen LogP contribution is 2.21. The standard InChI is InChI=1S/C19H18N2O2S/c1-4-11-21-15-10-9-13(2)12-17(15)24-19(21)20-18(22)14-7-5-6-8-16(14)23-3/h4-10,12H,1,11H2,2-3H3. The van der Waals surface area contributed by atoms with E-state index in [0.29, 0.717) is 22.7 Å². The summed E-state index contributed by atoms with van der Waals surface area (Å²) in [5, 5.41) is 0. The summed E-state index contributed by atoms with van der Waals surface area (Å²) in [5.74, 6) is 0.215. The third kappa shape index (κ3) is 3.03. The third-order valence-electron chi connectivity index (χ3n) is 3.68. The molecule has 1 aromatic heterocycles. The van der Waals surface area contributed by atoms with E-state index in [4.69, 9.17) is 4.74 Å². The molecule has 5 heteroatoms. The molecule has 0 saturated heterocycles. The number of fused-ring (bicyclic) bond motifs is 1. The molecular weight excluding hydrogens is 320 g/mol. The molecule has 0 atom stereocenters. The lowest BCUT2D eigenvalue weighted by molar-refractivity contribution is 0.0995. The highest BCUT2D eigenvalue weighted by Gasteiger charge is 2.12. The summed E-state index contributed by atoms with van der Waals surface area (Å²) in [4.78, 5) is 17.6. The van der Waals surface area contributed by atoms with Crippen LogP contribution < -0.4 is 9.54 Å². The zero-order chi connectivity index (χ0) is 17.1. The van der Waals surface area contributed by atoms with Crippen molar-refractivity contribution in [2.24, 2.45) is 4.99 Å². The van der Waals surface area contributed by atoms with Gasteiger partial charge in [0.1, 0.15) is 5.75 Å². The second-order valence-corrected chi connectivity index (χ2v) is 6.38. The van der Waals surface area contributed by atoms with Crippen LogP contribution in [0.5, 0.6) is 5.75 Å². The average molecular weight is 338 g/mol. The minimum Gasteiger partial charge on any atom is -0.496 e. The molecule has 0 aliphatic carbocycles. The summed E-state index contributed by atoms with van der Waals surface area (Å²) in [6, 6.07) is 13.3. The number of amides is 1. The highest BCUT2D eigenvalue weighted by atomic mass is 32.1.